The van der Waals surface area contributed by atoms with Crippen molar-refractivity contribution in [3.05, 3.63) is 34.9 Å². The van der Waals surface area contributed by atoms with E-state index in [-0.39, 0.29) is 12.0 Å². The number of carboxylic acids is 1. The molecule has 0 amide bonds. The van der Waals surface area contributed by atoms with E-state index in [0.717, 1.165) is 5.56 Å². The monoisotopic (exact) mass is 225 g/mol. The summed E-state index contributed by atoms with van der Waals surface area (Å²) in [5.74, 6) is -1.40. The van der Waals surface area contributed by atoms with Gasteiger partial charge in [0.1, 0.15) is 6.10 Å². The number of hydrogen-bond donors (Lipinski definition) is 1. The topological polar surface area (TPSA) is 58.9 Å². The minimum absolute atomic E-state index is 0.250. The molecule has 1 N–H and O–H groups in total. The summed E-state index contributed by atoms with van der Waals surface area (Å²) in [4.78, 5) is 14.3. The molecule has 1 aliphatic rings. The van der Waals surface area contributed by atoms with Crippen LogP contribution in [0.4, 0.5) is 0 Å². The van der Waals surface area contributed by atoms with Gasteiger partial charge in [-0.3, -0.25) is 0 Å². The molecule has 1 aliphatic heterocycles. The average molecular weight is 226 g/mol. The van der Waals surface area contributed by atoms with Crippen LogP contribution in [0.1, 0.15) is 11.7 Å². The van der Waals surface area contributed by atoms with Gasteiger partial charge in [0, 0.05) is 10.6 Å². The second kappa shape index (κ2) is 3.90. The summed E-state index contributed by atoms with van der Waals surface area (Å²) in [6.07, 6.45) is -0.384. The number of ether oxygens (including phenoxy) is 1. The number of benzene rings is 1. The van der Waals surface area contributed by atoms with Crippen molar-refractivity contribution in [2.45, 2.75) is 6.10 Å². The molecule has 4 nitrogen and oxygen atoms in total. The average Bonchev–Trinajstić information content (AvgIpc) is 2.67. The van der Waals surface area contributed by atoms with Gasteiger partial charge in [-0.1, -0.05) is 29.8 Å². The SMILES string of the molecule is O=C(O)C1=NCC(c2ccccc2Cl)O1. The van der Waals surface area contributed by atoms with Crippen LogP contribution in [0, 0.1) is 0 Å². The lowest BCUT2D eigenvalue weighted by atomic mass is 10.1. The first-order valence-electron chi connectivity index (χ1n) is 4.37. The quantitative estimate of drug-likeness (QED) is 0.836. The molecule has 1 aromatic carbocycles. The van der Waals surface area contributed by atoms with Crippen LogP contribution < -0.4 is 0 Å². The number of carboxylic acid groups (broad SMARTS) is 1. The van der Waals surface area contributed by atoms with Gasteiger partial charge in [-0.05, 0) is 6.07 Å². The fraction of sp³-hybridized carbons (Fsp3) is 0.200. The normalized spacial score (nSPS) is 19.5. The fourth-order valence-electron chi connectivity index (χ4n) is 1.39. The Kier molecular flexibility index (Phi) is 2.60. The predicted octanol–water partition coefficient (Wildman–Crippen LogP) is 1.89. The lowest BCUT2D eigenvalue weighted by molar-refractivity contribution is -0.131. The molecule has 0 saturated heterocycles. The standard InChI is InChI=1S/C10H8ClNO3/c11-7-4-2-1-3-6(7)8-5-12-9(15-8)10(13)14/h1-4,8H,5H2,(H,13,14). The maximum Gasteiger partial charge on any atom is 0.391 e. The molecule has 0 spiro atoms. The van der Waals surface area contributed by atoms with Crippen molar-refractivity contribution in [1.29, 1.82) is 0 Å². The molecule has 78 valence electrons. The summed E-state index contributed by atoms with van der Waals surface area (Å²) in [5.41, 5.74) is 0.763. The number of rotatable bonds is 2. The molecule has 1 atom stereocenters. The smallest absolute Gasteiger partial charge is 0.391 e. The molecule has 0 aliphatic carbocycles. The molecule has 1 aromatic rings. The number of halogens is 1. The van der Waals surface area contributed by atoms with Gasteiger partial charge in [-0.25, -0.2) is 9.79 Å². The Balaban J connectivity index is 2.17. The molecule has 15 heavy (non-hydrogen) atoms. The molecule has 2 rings (SSSR count). The van der Waals surface area contributed by atoms with E-state index in [1.54, 1.807) is 18.2 Å². The Hall–Kier alpha value is -1.55. The zero-order valence-corrected chi connectivity index (χ0v) is 8.44. The van der Waals surface area contributed by atoms with Crippen molar-refractivity contribution in [3.63, 3.8) is 0 Å². The summed E-state index contributed by atoms with van der Waals surface area (Å²) in [6, 6.07) is 7.16. The van der Waals surface area contributed by atoms with Crippen LogP contribution in [0.3, 0.4) is 0 Å². The zero-order valence-electron chi connectivity index (χ0n) is 7.68. The van der Waals surface area contributed by atoms with Crippen molar-refractivity contribution in [2.24, 2.45) is 4.99 Å². The Morgan fingerprint density at radius 3 is 2.87 bits per heavy atom. The first-order valence-corrected chi connectivity index (χ1v) is 4.75. The van der Waals surface area contributed by atoms with E-state index >= 15 is 0 Å². The van der Waals surface area contributed by atoms with Crippen LogP contribution in [0.15, 0.2) is 29.3 Å². The maximum absolute atomic E-state index is 10.6. The van der Waals surface area contributed by atoms with Gasteiger partial charge in [-0.2, -0.15) is 0 Å². The largest absolute Gasteiger partial charge is 0.474 e. The highest BCUT2D eigenvalue weighted by Crippen LogP contribution is 2.28. The van der Waals surface area contributed by atoms with Gasteiger partial charge in [0.15, 0.2) is 0 Å². The van der Waals surface area contributed by atoms with E-state index in [1.807, 2.05) is 6.07 Å². The van der Waals surface area contributed by atoms with E-state index in [4.69, 9.17) is 21.4 Å². The highest BCUT2D eigenvalue weighted by molar-refractivity contribution is 6.32. The summed E-state index contributed by atoms with van der Waals surface area (Å²) < 4.78 is 5.16. The summed E-state index contributed by atoms with van der Waals surface area (Å²) >= 11 is 5.95. The van der Waals surface area contributed by atoms with Crippen molar-refractivity contribution in [1.82, 2.24) is 0 Å². The molecule has 0 fully saturated rings. The van der Waals surface area contributed by atoms with Gasteiger partial charge >= 0.3 is 5.97 Å². The van der Waals surface area contributed by atoms with Crippen LogP contribution in [-0.4, -0.2) is 23.5 Å². The minimum atomic E-state index is -1.15. The van der Waals surface area contributed by atoms with Crippen molar-refractivity contribution in [3.8, 4) is 0 Å². The van der Waals surface area contributed by atoms with E-state index in [1.165, 1.54) is 0 Å². The molecule has 0 radical (unpaired) electrons. The van der Waals surface area contributed by atoms with E-state index in [2.05, 4.69) is 4.99 Å². The molecular weight excluding hydrogens is 218 g/mol. The van der Waals surface area contributed by atoms with Crippen molar-refractivity contribution >= 4 is 23.5 Å². The van der Waals surface area contributed by atoms with Gasteiger partial charge < -0.3 is 9.84 Å². The highest BCUT2D eigenvalue weighted by atomic mass is 35.5. The first kappa shape index (κ1) is 9.98. The Morgan fingerprint density at radius 1 is 1.53 bits per heavy atom. The molecule has 0 saturated carbocycles. The van der Waals surface area contributed by atoms with E-state index in [0.29, 0.717) is 11.6 Å². The molecule has 5 heteroatoms. The highest BCUT2D eigenvalue weighted by Gasteiger charge is 2.27. The Bertz CT molecular complexity index is 430. The third kappa shape index (κ3) is 1.94. The second-order valence-electron chi connectivity index (χ2n) is 3.08. The third-order valence-electron chi connectivity index (χ3n) is 2.09. The minimum Gasteiger partial charge on any atom is -0.474 e. The summed E-state index contributed by atoms with van der Waals surface area (Å²) in [5, 5.41) is 9.22. The van der Waals surface area contributed by atoms with Crippen LogP contribution in [0.2, 0.25) is 5.02 Å². The number of aliphatic imine (C=N–C) groups is 1. The van der Waals surface area contributed by atoms with Gasteiger partial charge in [0.2, 0.25) is 0 Å². The molecule has 1 unspecified atom stereocenters. The molecule has 0 bridgehead atoms. The Morgan fingerprint density at radius 2 is 2.27 bits per heavy atom. The van der Waals surface area contributed by atoms with Crippen LogP contribution in [0.25, 0.3) is 0 Å². The molecular formula is C10H8ClNO3. The van der Waals surface area contributed by atoms with Gasteiger partial charge in [0.05, 0.1) is 6.54 Å². The van der Waals surface area contributed by atoms with Crippen LogP contribution >= 0.6 is 11.6 Å². The second-order valence-corrected chi connectivity index (χ2v) is 3.49. The number of carbonyl (C=O) groups is 1. The van der Waals surface area contributed by atoms with Gasteiger partial charge in [-0.15, -0.1) is 0 Å². The summed E-state index contributed by atoms with van der Waals surface area (Å²) in [6.45, 7) is 0.297. The van der Waals surface area contributed by atoms with E-state index < -0.39 is 5.97 Å². The van der Waals surface area contributed by atoms with E-state index in [9.17, 15) is 4.79 Å². The van der Waals surface area contributed by atoms with Crippen LogP contribution in [-0.2, 0) is 9.53 Å². The number of hydrogen-bond acceptors (Lipinski definition) is 3. The summed E-state index contributed by atoms with van der Waals surface area (Å²) in [7, 11) is 0. The lowest BCUT2D eigenvalue weighted by Gasteiger charge is -2.11. The molecule has 0 aromatic heterocycles. The lowest BCUT2D eigenvalue weighted by Crippen LogP contribution is -2.14. The fourth-order valence-corrected chi connectivity index (χ4v) is 1.65. The first-order chi connectivity index (χ1) is 7.18. The zero-order chi connectivity index (χ0) is 10.8. The Labute approximate surface area is 91.2 Å². The third-order valence-corrected chi connectivity index (χ3v) is 2.43. The predicted molar refractivity (Wildman–Crippen MR) is 55.2 cm³/mol. The van der Waals surface area contributed by atoms with Crippen LogP contribution in [0.5, 0.6) is 0 Å². The number of aliphatic carboxylic acids is 1. The van der Waals surface area contributed by atoms with Crippen molar-refractivity contribution < 1.29 is 14.6 Å². The van der Waals surface area contributed by atoms with Gasteiger partial charge in [0.25, 0.3) is 5.90 Å². The molecule has 1 heterocycles. The van der Waals surface area contributed by atoms with Crippen molar-refractivity contribution in [2.75, 3.05) is 6.54 Å². The maximum atomic E-state index is 10.6. The number of nitrogens with zero attached hydrogens (tertiary/aromatic N) is 1.